The molecule has 0 atom stereocenters. The number of amides is 1. The molecule has 0 spiro atoms. The summed E-state index contributed by atoms with van der Waals surface area (Å²) in [6.07, 6.45) is 0. The van der Waals surface area contributed by atoms with E-state index < -0.39 is 21.8 Å². The van der Waals surface area contributed by atoms with Crippen LogP contribution in [0.1, 0.15) is 29.8 Å². The number of carbonyl (C=O) groups is 1. The monoisotopic (exact) mass is 445 g/mol. The molecule has 5 nitrogen and oxygen atoms in total. The van der Waals surface area contributed by atoms with Gasteiger partial charge in [0, 0.05) is 18.2 Å². The van der Waals surface area contributed by atoms with Crippen LogP contribution < -0.4 is 4.18 Å². The number of nitrogens with zero attached hydrogens (tertiary/aromatic N) is 1. The van der Waals surface area contributed by atoms with Gasteiger partial charge in [0.15, 0.2) is 0 Å². The Hall–Kier alpha value is -3.26. The molecule has 0 aliphatic carbocycles. The molecular weight excluding hydrogens is 424 g/mol. The minimum absolute atomic E-state index is 0.0917. The molecule has 0 aromatic heterocycles. The molecule has 1 amide bonds. The predicted molar refractivity (Wildman–Crippen MR) is 112 cm³/mol. The maximum atomic E-state index is 13.1. The Morgan fingerprint density at radius 3 is 1.90 bits per heavy atom. The van der Waals surface area contributed by atoms with Crippen LogP contribution >= 0.6 is 0 Å². The molecule has 3 aromatic carbocycles. The van der Waals surface area contributed by atoms with Crippen molar-refractivity contribution < 1.29 is 26.2 Å². The molecule has 3 aromatic rings. The number of carbonyl (C=O) groups excluding carboxylic acids is 1. The maximum absolute atomic E-state index is 13.1. The first kappa shape index (κ1) is 22.4. The fourth-order valence-electron chi connectivity index (χ4n) is 2.87. The van der Waals surface area contributed by atoms with E-state index in [0.29, 0.717) is 5.56 Å². The quantitative estimate of drug-likeness (QED) is 0.491. The average molecular weight is 445 g/mol. The van der Waals surface area contributed by atoms with E-state index in [9.17, 15) is 22.0 Å². The Morgan fingerprint density at radius 2 is 1.39 bits per heavy atom. The first-order valence-electron chi connectivity index (χ1n) is 9.51. The number of rotatable bonds is 7. The molecule has 0 saturated heterocycles. The molecule has 0 radical (unpaired) electrons. The smallest absolute Gasteiger partial charge is 0.339 e. The summed E-state index contributed by atoms with van der Waals surface area (Å²) in [6.45, 7) is 4.02. The zero-order chi connectivity index (χ0) is 22.6. The maximum Gasteiger partial charge on any atom is 0.339 e. The standard InChI is InChI=1S/C23H21F2NO4S/c1-16(2)26(23(27)18-5-7-19(24)8-6-18)15-17-3-11-21(12-4-17)30-31(28,29)22-13-9-20(25)10-14-22/h3-14,16H,15H2,1-2H3. The van der Waals surface area contributed by atoms with Crippen LogP contribution in [0.4, 0.5) is 8.78 Å². The summed E-state index contributed by atoms with van der Waals surface area (Å²) >= 11 is 0. The van der Waals surface area contributed by atoms with Crippen molar-refractivity contribution in [1.29, 1.82) is 0 Å². The fraction of sp³-hybridized carbons (Fsp3) is 0.174. The van der Waals surface area contributed by atoms with E-state index in [1.807, 2.05) is 13.8 Å². The zero-order valence-corrected chi connectivity index (χ0v) is 17.8. The summed E-state index contributed by atoms with van der Waals surface area (Å²) in [5.41, 5.74) is 1.14. The Labute approximate surface area is 180 Å². The molecule has 0 fully saturated rings. The van der Waals surface area contributed by atoms with Crippen LogP contribution in [0.25, 0.3) is 0 Å². The molecule has 0 bridgehead atoms. The third kappa shape index (κ3) is 5.67. The van der Waals surface area contributed by atoms with Gasteiger partial charge in [0.2, 0.25) is 0 Å². The summed E-state index contributed by atoms with van der Waals surface area (Å²) in [5.74, 6) is -1.12. The first-order chi connectivity index (χ1) is 14.7. The van der Waals surface area contributed by atoms with Gasteiger partial charge in [-0.15, -0.1) is 0 Å². The van der Waals surface area contributed by atoms with Crippen molar-refractivity contribution in [3.63, 3.8) is 0 Å². The van der Waals surface area contributed by atoms with E-state index in [1.54, 1.807) is 17.0 Å². The first-order valence-corrected chi connectivity index (χ1v) is 10.9. The Morgan fingerprint density at radius 1 is 0.871 bits per heavy atom. The van der Waals surface area contributed by atoms with Gasteiger partial charge in [-0.25, -0.2) is 8.78 Å². The summed E-state index contributed by atoms with van der Waals surface area (Å²) in [5, 5.41) is 0. The van der Waals surface area contributed by atoms with Crippen molar-refractivity contribution in [1.82, 2.24) is 4.90 Å². The summed E-state index contributed by atoms with van der Waals surface area (Å²) in [6, 6.07) is 15.8. The summed E-state index contributed by atoms with van der Waals surface area (Å²) in [4.78, 5) is 14.3. The van der Waals surface area contributed by atoms with E-state index in [1.165, 1.54) is 36.4 Å². The highest BCUT2D eigenvalue weighted by molar-refractivity contribution is 7.87. The number of hydrogen-bond acceptors (Lipinski definition) is 4. The van der Waals surface area contributed by atoms with Crippen molar-refractivity contribution in [2.75, 3.05) is 0 Å². The zero-order valence-electron chi connectivity index (χ0n) is 17.0. The lowest BCUT2D eigenvalue weighted by Crippen LogP contribution is -2.36. The van der Waals surface area contributed by atoms with Crippen molar-refractivity contribution >= 4 is 16.0 Å². The van der Waals surface area contributed by atoms with Gasteiger partial charge in [-0.2, -0.15) is 8.42 Å². The Balaban J connectivity index is 1.73. The molecule has 3 rings (SSSR count). The number of halogens is 2. The van der Waals surface area contributed by atoms with E-state index in [2.05, 4.69) is 0 Å². The molecule has 31 heavy (non-hydrogen) atoms. The molecule has 0 saturated carbocycles. The van der Waals surface area contributed by atoms with Gasteiger partial charge >= 0.3 is 10.1 Å². The van der Waals surface area contributed by atoms with Crippen LogP contribution in [0.15, 0.2) is 77.7 Å². The van der Waals surface area contributed by atoms with Gasteiger partial charge < -0.3 is 9.08 Å². The number of hydrogen-bond donors (Lipinski definition) is 0. The van der Waals surface area contributed by atoms with Crippen molar-refractivity contribution in [2.24, 2.45) is 0 Å². The van der Waals surface area contributed by atoms with Crippen LogP contribution in [0, 0.1) is 11.6 Å². The van der Waals surface area contributed by atoms with Crippen LogP contribution in [-0.4, -0.2) is 25.3 Å². The van der Waals surface area contributed by atoms with E-state index in [0.717, 1.165) is 29.8 Å². The van der Waals surface area contributed by atoms with Gasteiger partial charge in [-0.1, -0.05) is 12.1 Å². The lowest BCUT2D eigenvalue weighted by Gasteiger charge is -2.27. The molecule has 0 aliphatic heterocycles. The number of benzene rings is 3. The van der Waals surface area contributed by atoms with E-state index in [4.69, 9.17) is 4.18 Å². The molecule has 0 unspecified atom stereocenters. The molecular formula is C23H21F2NO4S. The van der Waals surface area contributed by atoms with Crippen LogP contribution in [0.3, 0.4) is 0 Å². The van der Waals surface area contributed by atoms with Crippen molar-refractivity contribution in [3.05, 3.63) is 95.6 Å². The minimum Gasteiger partial charge on any atom is -0.379 e. The van der Waals surface area contributed by atoms with Crippen molar-refractivity contribution in [2.45, 2.75) is 31.3 Å². The minimum atomic E-state index is -4.09. The average Bonchev–Trinajstić information content (AvgIpc) is 2.73. The Bertz CT molecular complexity index is 1140. The second-order valence-electron chi connectivity index (χ2n) is 7.17. The van der Waals surface area contributed by atoms with Gasteiger partial charge in [0.1, 0.15) is 22.3 Å². The third-order valence-corrected chi connectivity index (χ3v) is 5.82. The lowest BCUT2D eigenvalue weighted by atomic mass is 10.1. The molecule has 0 heterocycles. The topological polar surface area (TPSA) is 63.7 Å². The largest absolute Gasteiger partial charge is 0.379 e. The highest BCUT2D eigenvalue weighted by Gasteiger charge is 2.20. The second kappa shape index (κ2) is 9.26. The Kier molecular flexibility index (Phi) is 6.70. The summed E-state index contributed by atoms with van der Waals surface area (Å²) < 4.78 is 55.9. The predicted octanol–water partition coefficient (Wildman–Crippen LogP) is 4.78. The normalized spacial score (nSPS) is 11.4. The third-order valence-electron chi connectivity index (χ3n) is 4.56. The van der Waals surface area contributed by atoms with Gasteiger partial charge in [-0.05, 0) is 80.1 Å². The van der Waals surface area contributed by atoms with Crippen LogP contribution in [0.2, 0.25) is 0 Å². The molecule has 8 heteroatoms. The fourth-order valence-corrected chi connectivity index (χ4v) is 3.80. The highest BCUT2D eigenvalue weighted by Crippen LogP contribution is 2.21. The van der Waals surface area contributed by atoms with Crippen molar-refractivity contribution in [3.8, 4) is 5.75 Å². The van der Waals surface area contributed by atoms with E-state index >= 15 is 0 Å². The highest BCUT2D eigenvalue weighted by atomic mass is 32.2. The molecule has 162 valence electrons. The molecule has 0 N–H and O–H groups in total. The lowest BCUT2D eigenvalue weighted by molar-refractivity contribution is 0.0690. The summed E-state index contributed by atoms with van der Waals surface area (Å²) in [7, 11) is -4.09. The van der Waals surface area contributed by atoms with Gasteiger partial charge in [0.25, 0.3) is 5.91 Å². The van der Waals surface area contributed by atoms with Crippen LogP contribution in [-0.2, 0) is 16.7 Å². The van der Waals surface area contributed by atoms with E-state index in [-0.39, 0.29) is 29.1 Å². The molecule has 0 aliphatic rings. The van der Waals surface area contributed by atoms with Crippen LogP contribution in [0.5, 0.6) is 5.75 Å². The SMILES string of the molecule is CC(C)N(Cc1ccc(OS(=O)(=O)c2ccc(F)cc2)cc1)C(=O)c1ccc(F)cc1. The van der Waals surface area contributed by atoms with Gasteiger partial charge in [0.05, 0.1) is 0 Å². The second-order valence-corrected chi connectivity index (χ2v) is 8.72. The van der Waals surface area contributed by atoms with Gasteiger partial charge in [-0.3, -0.25) is 4.79 Å².